The second kappa shape index (κ2) is 7.13. The van der Waals surface area contributed by atoms with E-state index < -0.39 is 0 Å². The summed E-state index contributed by atoms with van der Waals surface area (Å²) in [6.45, 7) is 0.437. The number of nitrogens with two attached hydrogens (primary N) is 1. The number of para-hydroxylation sites is 1. The van der Waals surface area contributed by atoms with Crippen LogP contribution in [0.5, 0.6) is 5.75 Å². The number of hydrogen-bond acceptors (Lipinski definition) is 5. The van der Waals surface area contributed by atoms with Crippen molar-refractivity contribution in [1.29, 1.82) is 0 Å². The molecule has 7 nitrogen and oxygen atoms in total. The summed E-state index contributed by atoms with van der Waals surface area (Å²) in [5.41, 5.74) is 8.10. The highest BCUT2D eigenvalue weighted by Crippen LogP contribution is 2.22. The van der Waals surface area contributed by atoms with Crippen LogP contribution in [0.4, 0.5) is 5.82 Å². The molecule has 0 amide bonds. The zero-order valence-electron chi connectivity index (χ0n) is 14.2. The second-order valence-corrected chi connectivity index (χ2v) is 6.17. The summed E-state index contributed by atoms with van der Waals surface area (Å²) in [5.74, 6) is 1.31. The number of fused-ring (bicyclic) bond motifs is 1. The van der Waals surface area contributed by atoms with E-state index in [1.807, 2.05) is 42.5 Å². The lowest BCUT2D eigenvalue weighted by molar-refractivity contribution is 0.343. The fraction of sp³-hybridized carbons (Fsp3) is 0.105. The van der Waals surface area contributed by atoms with Gasteiger partial charge in [-0.2, -0.15) is 4.68 Å². The van der Waals surface area contributed by atoms with Crippen molar-refractivity contribution >= 4 is 23.1 Å². The topological polar surface area (TPSA) is 87.4 Å². The van der Waals surface area contributed by atoms with Gasteiger partial charge in [-0.1, -0.05) is 18.2 Å². The minimum atomic E-state index is -0.311. The number of benzene rings is 2. The number of hydrogen-bond donors (Lipinski definition) is 1. The van der Waals surface area contributed by atoms with Crippen LogP contribution in [0.2, 0.25) is 0 Å². The molecule has 2 aromatic carbocycles. The van der Waals surface area contributed by atoms with Crippen molar-refractivity contribution in [3.8, 4) is 22.7 Å². The molecule has 0 aliphatic carbocycles. The Bertz CT molecular complexity index is 1140. The Balaban J connectivity index is 1.77. The standard InChI is InChI=1S/C19H16ClN5O2/c20-10-11-27-15-8-6-13(7-9-15)16-12-24-18(17(21)22-16)23-25(19(24)26)14-4-2-1-3-5-14/h1-9,12H,10-11H2,(H2,21,22). The highest BCUT2D eigenvalue weighted by Gasteiger charge is 2.14. The van der Waals surface area contributed by atoms with E-state index in [0.29, 0.717) is 35.3 Å². The molecule has 27 heavy (non-hydrogen) atoms. The Morgan fingerprint density at radius 1 is 1.07 bits per heavy atom. The van der Waals surface area contributed by atoms with Crippen LogP contribution in [0, 0.1) is 0 Å². The van der Waals surface area contributed by atoms with Crippen LogP contribution >= 0.6 is 11.6 Å². The number of halogens is 1. The van der Waals surface area contributed by atoms with Crippen molar-refractivity contribution in [2.24, 2.45) is 0 Å². The van der Waals surface area contributed by atoms with Gasteiger partial charge in [0, 0.05) is 11.8 Å². The molecule has 4 rings (SSSR count). The first-order valence-electron chi connectivity index (χ1n) is 8.30. The molecule has 0 saturated carbocycles. The Morgan fingerprint density at radius 2 is 1.81 bits per heavy atom. The lowest BCUT2D eigenvalue weighted by Crippen LogP contribution is -2.19. The molecule has 8 heteroatoms. The second-order valence-electron chi connectivity index (χ2n) is 5.80. The predicted molar refractivity (Wildman–Crippen MR) is 105 cm³/mol. The van der Waals surface area contributed by atoms with Gasteiger partial charge in [0.05, 0.1) is 17.3 Å². The maximum Gasteiger partial charge on any atom is 0.355 e. The Labute approximate surface area is 159 Å². The fourth-order valence-electron chi connectivity index (χ4n) is 2.76. The number of alkyl halides is 1. The summed E-state index contributed by atoms with van der Waals surface area (Å²) in [5, 5.41) is 4.31. The molecule has 0 atom stereocenters. The molecule has 0 bridgehead atoms. The molecule has 0 aliphatic rings. The van der Waals surface area contributed by atoms with Gasteiger partial charge in [-0.25, -0.2) is 14.2 Å². The average Bonchev–Trinajstić information content (AvgIpc) is 3.05. The molecular formula is C19H16ClN5O2. The van der Waals surface area contributed by atoms with Crippen LogP contribution in [0.1, 0.15) is 0 Å². The van der Waals surface area contributed by atoms with E-state index in [2.05, 4.69) is 10.1 Å². The molecule has 0 saturated heterocycles. The van der Waals surface area contributed by atoms with Gasteiger partial charge in [-0.05, 0) is 36.4 Å². The van der Waals surface area contributed by atoms with Gasteiger partial charge in [0.2, 0.25) is 5.65 Å². The average molecular weight is 382 g/mol. The van der Waals surface area contributed by atoms with E-state index in [1.54, 1.807) is 18.3 Å². The summed E-state index contributed by atoms with van der Waals surface area (Å²) in [4.78, 5) is 17.2. The SMILES string of the molecule is Nc1nc(-c2ccc(OCCCl)cc2)cn2c(=O)n(-c3ccccc3)nc12. The molecule has 2 heterocycles. The van der Waals surface area contributed by atoms with Gasteiger partial charge in [0.15, 0.2) is 5.82 Å². The monoisotopic (exact) mass is 381 g/mol. The first-order valence-corrected chi connectivity index (χ1v) is 8.83. The molecule has 2 N–H and O–H groups in total. The molecule has 0 unspecified atom stereocenters. The molecule has 0 aliphatic heterocycles. The van der Waals surface area contributed by atoms with Crippen molar-refractivity contribution in [3.63, 3.8) is 0 Å². The third-order valence-corrected chi connectivity index (χ3v) is 4.18. The van der Waals surface area contributed by atoms with E-state index in [0.717, 1.165) is 5.56 Å². The number of nitrogens with zero attached hydrogens (tertiary/aromatic N) is 4. The van der Waals surface area contributed by atoms with Crippen LogP contribution < -0.4 is 16.2 Å². The lowest BCUT2D eigenvalue weighted by atomic mass is 10.1. The summed E-state index contributed by atoms with van der Waals surface area (Å²) in [7, 11) is 0. The van der Waals surface area contributed by atoms with Crippen LogP contribution in [0.3, 0.4) is 0 Å². The number of nitrogen functional groups attached to an aromatic ring is 1. The highest BCUT2D eigenvalue weighted by atomic mass is 35.5. The van der Waals surface area contributed by atoms with Gasteiger partial charge < -0.3 is 10.5 Å². The minimum absolute atomic E-state index is 0.182. The minimum Gasteiger partial charge on any atom is -0.492 e. The Hall–Kier alpha value is -3.32. The third kappa shape index (κ3) is 3.24. The molecule has 2 aromatic heterocycles. The molecular weight excluding hydrogens is 366 g/mol. The quantitative estimate of drug-likeness (QED) is 0.537. The van der Waals surface area contributed by atoms with Crippen molar-refractivity contribution < 1.29 is 4.74 Å². The Morgan fingerprint density at radius 3 is 2.52 bits per heavy atom. The van der Waals surface area contributed by atoms with E-state index in [9.17, 15) is 4.79 Å². The zero-order chi connectivity index (χ0) is 18.8. The zero-order valence-corrected chi connectivity index (χ0v) is 15.0. The normalized spacial score (nSPS) is 11.0. The van der Waals surface area contributed by atoms with Gasteiger partial charge in [-0.15, -0.1) is 16.7 Å². The summed E-state index contributed by atoms with van der Waals surface area (Å²) >= 11 is 5.62. The van der Waals surface area contributed by atoms with Crippen molar-refractivity contribution in [2.75, 3.05) is 18.2 Å². The molecule has 4 aromatic rings. The van der Waals surface area contributed by atoms with Crippen LogP contribution in [-0.4, -0.2) is 31.7 Å². The first kappa shape index (κ1) is 17.1. The van der Waals surface area contributed by atoms with Gasteiger partial charge in [-0.3, -0.25) is 0 Å². The molecule has 0 fully saturated rings. The van der Waals surface area contributed by atoms with Gasteiger partial charge in [0.25, 0.3) is 0 Å². The Kier molecular flexibility index (Phi) is 4.52. The lowest BCUT2D eigenvalue weighted by Gasteiger charge is -2.06. The maximum atomic E-state index is 12.8. The van der Waals surface area contributed by atoms with E-state index in [-0.39, 0.29) is 11.5 Å². The number of rotatable bonds is 5. The van der Waals surface area contributed by atoms with Crippen LogP contribution in [0.25, 0.3) is 22.6 Å². The summed E-state index contributed by atoms with van der Waals surface area (Å²) in [6, 6.07) is 16.5. The van der Waals surface area contributed by atoms with Crippen LogP contribution in [0.15, 0.2) is 65.6 Å². The number of anilines is 1. The van der Waals surface area contributed by atoms with E-state index in [4.69, 9.17) is 22.1 Å². The van der Waals surface area contributed by atoms with E-state index in [1.165, 1.54) is 9.08 Å². The first-order chi connectivity index (χ1) is 13.2. The van der Waals surface area contributed by atoms with Crippen molar-refractivity contribution in [1.82, 2.24) is 19.2 Å². The molecule has 0 radical (unpaired) electrons. The van der Waals surface area contributed by atoms with Gasteiger partial charge >= 0.3 is 5.69 Å². The smallest absolute Gasteiger partial charge is 0.355 e. The largest absolute Gasteiger partial charge is 0.492 e. The highest BCUT2D eigenvalue weighted by molar-refractivity contribution is 6.18. The summed E-state index contributed by atoms with van der Waals surface area (Å²) < 4.78 is 8.18. The summed E-state index contributed by atoms with van der Waals surface area (Å²) in [6.07, 6.45) is 1.63. The third-order valence-electron chi connectivity index (χ3n) is 4.03. The molecule has 0 spiro atoms. The number of aromatic nitrogens is 4. The van der Waals surface area contributed by atoms with Crippen molar-refractivity contribution in [3.05, 3.63) is 71.3 Å². The predicted octanol–water partition coefficient (Wildman–Crippen LogP) is 2.75. The van der Waals surface area contributed by atoms with Crippen LogP contribution in [-0.2, 0) is 0 Å². The van der Waals surface area contributed by atoms with Crippen molar-refractivity contribution in [2.45, 2.75) is 0 Å². The molecule has 136 valence electrons. The fourth-order valence-corrected chi connectivity index (χ4v) is 2.83. The van der Waals surface area contributed by atoms with Gasteiger partial charge in [0.1, 0.15) is 12.4 Å². The number of ether oxygens (including phenoxy) is 1. The van der Waals surface area contributed by atoms with E-state index >= 15 is 0 Å². The maximum absolute atomic E-state index is 12.8.